The summed E-state index contributed by atoms with van der Waals surface area (Å²) in [5.41, 5.74) is 8.35. The Kier molecular flexibility index (Phi) is 2.11. The Morgan fingerprint density at radius 3 is 3.00 bits per heavy atom. The smallest absolute Gasteiger partial charge is 0.220 e. The number of aromatic nitrogens is 1. The summed E-state index contributed by atoms with van der Waals surface area (Å²) in [6.45, 7) is 2.64. The molecule has 0 aliphatic carbocycles. The Balaban J connectivity index is 2.24. The Morgan fingerprint density at radius 1 is 1.64 bits per heavy atom. The van der Waals surface area contributed by atoms with E-state index < -0.39 is 0 Å². The Labute approximate surface area is 82.5 Å². The van der Waals surface area contributed by atoms with E-state index in [1.165, 1.54) is 0 Å². The van der Waals surface area contributed by atoms with Crippen molar-refractivity contribution in [3.05, 3.63) is 23.5 Å². The number of nitrogens with two attached hydrogens (primary N) is 1. The van der Waals surface area contributed by atoms with Gasteiger partial charge in [0.25, 0.3) is 0 Å². The average molecular weight is 191 g/mol. The normalized spacial score (nSPS) is 20.9. The van der Waals surface area contributed by atoms with Crippen LogP contribution in [0, 0.1) is 6.92 Å². The summed E-state index contributed by atoms with van der Waals surface area (Å²) >= 11 is 0. The first kappa shape index (κ1) is 8.99. The van der Waals surface area contributed by atoms with Gasteiger partial charge in [0.15, 0.2) is 0 Å². The molecule has 0 saturated carbocycles. The van der Waals surface area contributed by atoms with Crippen LogP contribution >= 0.6 is 0 Å². The minimum atomic E-state index is 0.103. The maximum absolute atomic E-state index is 11.0. The minimum Gasteiger partial charge on any atom is -0.397 e. The van der Waals surface area contributed by atoms with Crippen molar-refractivity contribution in [2.45, 2.75) is 19.3 Å². The van der Waals surface area contributed by atoms with Crippen molar-refractivity contribution in [1.82, 2.24) is 10.3 Å². The molecule has 1 aliphatic rings. The van der Waals surface area contributed by atoms with Crippen LogP contribution in [0.4, 0.5) is 5.69 Å². The number of carbonyl (C=O) groups excluding carboxylic acids is 1. The molecule has 2 rings (SSSR count). The molecule has 0 aromatic carbocycles. The lowest BCUT2D eigenvalue weighted by molar-refractivity contribution is -0.119. The number of anilines is 1. The second kappa shape index (κ2) is 3.29. The molecule has 74 valence electrons. The fraction of sp³-hybridized carbons (Fsp3) is 0.400. The van der Waals surface area contributed by atoms with Crippen LogP contribution in [0.2, 0.25) is 0 Å². The van der Waals surface area contributed by atoms with Crippen LogP contribution in [0.5, 0.6) is 0 Å². The van der Waals surface area contributed by atoms with Gasteiger partial charge in [-0.3, -0.25) is 9.78 Å². The predicted molar refractivity (Wildman–Crippen MR) is 53.8 cm³/mol. The summed E-state index contributed by atoms with van der Waals surface area (Å²) in [5, 5.41) is 2.79. The van der Waals surface area contributed by atoms with Crippen LogP contribution in [0.15, 0.2) is 12.3 Å². The molecule has 0 radical (unpaired) electrons. The summed E-state index contributed by atoms with van der Waals surface area (Å²) < 4.78 is 0. The summed E-state index contributed by atoms with van der Waals surface area (Å²) in [7, 11) is 0. The third-order valence-electron chi connectivity index (χ3n) is 2.57. The van der Waals surface area contributed by atoms with Crippen molar-refractivity contribution in [1.29, 1.82) is 0 Å². The zero-order chi connectivity index (χ0) is 10.1. The molecule has 3 N–H and O–H groups in total. The molecule has 1 amide bonds. The van der Waals surface area contributed by atoms with Crippen LogP contribution in [-0.4, -0.2) is 17.4 Å². The molecule has 0 bridgehead atoms. The summed E-state index contributed by atoms with van der Waals surface area (Å²) in [4.78, 5) is 15.3. The largest absolute Gasteiger partial charge is 0.397 e. The van der Waals surface area contributed by atoms with Gasteiger partial charge in [-0.25, -0.2) is 0 Å². The van der Waals surface area contributed by atoms with Gasteiger partial charge in [-0.1, -0.05) is 0 Å². The van der Waals surface area contributed by atoms with Crippen molar-refractivity contribution in [2.75, 3.05) is 12.3 Å². The molecule has 0 spiro atoms. The topological polar surface area (TPSA) is 68.0 Å². The maximum atomic E-state index is 11.0. The van der Waals surface area contributed by atoms with Gasteiger partial charge < -0.3 is 11.1 Å². The van der Waals surface area contributed by atoms with Crippen molar-refractivity contribution >= 4 is 11.6 Å². The van der Waals surface area contributed by atoms with E-state index >= 15 is 0 Å². The highest BCUT2D eigenvalue weighted by atomic mass is 16.1. The van der Waals surface area contributed by atoms with E-state index in [0.29, 0.717) is 18.7 Å². The second-order valence-corrected chi connectivity index (χ2v) is 3.67. The minimum absolute atomic E-state index is 0.103. The molecule has 1 aliphatic heterocycles. The molecule has 1 aromatic rings. The summed E-state index contributed by atoms with van der Waals surface area (Å²) in [5.74, 6) is 0.313. The van der Waals surface area contributed by atoms with E-state index in [1.807, 2.05) is 13.0 Å². The van der Waals surface area contributed by atoms with Gasteiger partial charge in [0.2, 0.25) is 5.91 Å². The zero-order valence-electron chi connectivity index (χ0n) is 8.08. The van der Waals surface area contributed by atoms with Crippen LogP contribution < -0.4 is 11.1 Å². The average Bonchev–Trinajstić information content (AvgIpc) is 2.57. The first-order valence-electron chi connectivity index (χ1n) is 4.65. The van der Waals surface area contributed by atoms with Crippen molar-refractivity contribution in [3.63, 3.8) is 0 Å². The maximum Gasteiger partial charge on any atom is 0.220 e. The lowest BCUT2D eigenvalue weighted by atomic mass is 10.0. The zero-order valence-corrected chi connectivity index (χ0v) is 8.08. The van der Waals surface area contributed by atoms with E-state index in [0.717, 1.165) is 11.3 Å². The lowest BCUT2D eigenvalue weighted by Crippen LogP contribution is -2.13. The number of carbonyl (C=O) groups is 1. The van der Waals surface area contributed by atoms with Crippen molar-refractivity contribution in [3.8, 4) is 0 Å². The number of rotatable bonds is 1. The van der Waals surface area contributed by atoms with E-state index in [-0.39, 0.29) is 11.8 Å². The van der Waals surface area contributed by atoms with Gasteiger partial charge in [-0.15, -0.1) is 0 Å². The van der Waals surface area contributed by atoms with Crippen LogP contribution in [0.25, 0.3) is 0 Å². The molecule has 4 nitrogen and oxygen atoms in total. The molecule has 4 heteroatoms. The Morgan fingerprint density at radius 2 is 2.43 bits per heavy atom. The summed E-state index contributed by atoms with van der Waals surface area (Å²) in [6, 6.07) is 1.96. The first-order chi connectivity index (χ1) is 6.66. The monoisotopic (exact) mass is 191 g/mol. The third-order valence-corrected chi connectivity index (χ3v) is 2.57. The fourth-order valence-electron chi connectivity index (χ4n) is 1.63. The molecular weight excluding hydrogens is 178 g/mol. The molecule has 1 atom stereocenters. The molecule has 14 heavy (non-hydrogen) atoms. The van der Waals surface area contributed by atoms with Crippen molar-refractivity contribution < 1.29 is 4.79 Å². The van der Waals surface area contributed by atoms with Crippen LogP contribution in [0.1, 0.15) is 23.6 Å². The molecule has 1 saturated heterocycles. The van der Waals surface area contributed by atoms with Gasteiger partial charge in [-0.05, 0) is 18.6 Å². The number of pyridine rings is 1. The van der Waals surface area contributed by atoms with Gasteiger partial charge in [0.1, 0.15) is 0 Å². The molecule has 1 unspecified atom stereocenters. The molecule has 1 aromatic heterocycles. The second-order valence-electron chi connectivity index (χ2n) is 3.67. The molecular formula is C10H13N3O. The SMILES string of the molecule is Cc1cc(C2CNC(=O)C2)ncc1N. The van der Waals surface area contributed by atoms with Gasteiger partial charge in [0, 0.05) is 24.6 Å². The Bertz CT molecular complexity index is 376. The quantitative estimate of drug-likeness (QED) is 0.682. The van der Waals surface area contributed by atoms with E-state index in [1.54, 1.807) is 6.20 Å². The fourth-order valence-corrected chi connectivity index (χ4v) is 1.63. The number of nitrogens with one attached hydrogen (secondary N) is 1. The summed E-state index contributed by atoms with van der Waals surface area (Å²) in [6.07, 6.45) is 2.20. The van der Waals surface area contributed by atoms with Gasteiger partial charge in [-0.2, -0.15) is 0 Å². The van der Waals surface area contributed by atoms with E-state index in [4.69, 9.17) is 5.73 Å². The van der Waals surface area contributed by atoms with Gasteiger partial charge in [0.05, 0.1) is 11.9 Å². The number of amides is 1. The highest BCUT2D eigenvalue weighted by Crippen LogP contribution is 2.23. The highest BCUT2D eigenvalue weighted by Gasteiger charge is 2.24. The van der Waals surface area contributed by atoms with E-state index in [9.17, 15) is 4.79 Å². The van der Waals surface area contributed by atoms with Gasteiger partial charge >= 0.3 is 0 Å². The Hall–Kier alpha value is -1.58. The standard InChI is InChI=1S/C10H13N3O/c1-6-2-9(12-5-8(6)11)7-3-10(14)13-4-7/h2,5,7H,3-4,11H2,1H3,(H,13,14). The number of hydrogen-bond acceptors (Lipinski definition) is 3. The third kappa shape index (κ3) is 1.55. The highest BCUT2D eigenvalue weighted by molar-refractivity contribution is 5.79. The predicted octanol–water partition coefficient (Wildman–Crippen LogP) is 0.576. The number of nitrogens with zero attached hydrogens (tertiary/aromatic N) is 1. The van der Waals surface area contributed by atoms with Crippen LogP contribution in [0.3, 0.4) is 0 Å². The van der Waals surface area contributed by atoms with E-state index in [2.05, 4.69) is 10.3 Å². The van der Waals surface area contributed by atoms with Crippen molar-refractivity contribution in [2.24, 2.45) is 0 Å². The lowest BCUT2D eigenvalue weighted by Gasteiger charge is -2.08. The number of hydrogen-bond donors (Lipinski definition) is 2. The van der Waals surface area contributed by atoms with Crippen LogP contribution in [-0.2, 0) is 4.79 Å². The molecule has 1 fully saturated rings. The number of nitrogen functional groups attached to an aromatic ring is 1. The molecule has 2 heterocycles. The number of aryl methyl sites for hydroxylation is 1. The first-order valence-corrected chi connectivity index (χ1v) is 4.65.